The number of hydrogen-bond acceptors (Lipinski definition) is 10. The van der Waals surface area contributed by atoms with Gasteiger partial charge in [0.05, 0.1) is 21.2 Å². The first-order valence-corrected chi connectivity index (χ1v) is 18.9. The highest BCUT2D eigenvalue weighted by Crippen LogP contribution is 2.37. The first kappa shape index (κ1) is 38.3. The number of fused-ring (bicyclic) bond motifs is 2. The van der Waals surface area contributed by atoms with E-state index in [0.29, 0.717) is 78.9 Å². The van der Waals surface area contributed by atoms with Crippen LogP contribution < -0.4 is 18.9 Å². The Morgan fingerprint density at radius 2 is 0.966 bits per heavy atom. The first-order valence-electron chi connectivity index (χ1n) is 18.2. The van der Waals surface area contributed by atoms with Gasteiger partial charge in [-0.25, -0.2) is 9.97 Å². The number of ether oxygens (including phenoxy) is 4. The van der Waals surface area contributed by atoms with Crippen LogP contribution in [0, 0.1) is 13.8 Å². The summed E-state index contributed by atoms with van der Waals surface area (Å²) in [6.07, 6.45) is 4.19. The van der Waals surface area contributed by atoms with Crippen LogP contribution in [0.3, 0.4) is 0 Å². The fourth-order valence-corrected chi connectivity index (χ4v) is 7.09. The molecule has 0 aliphatic heterocycles. The standard InChI is InChI=1S/C46H34Cl2N2O8/c1-27-31(23-55-45-17-43(33(19-51)15-37(45)47)53-21-29-9-11-41-39(13-29)49-25-57-41)5-3-7-35(27)36-8-4-6-32(28(36)2)24-56-46-18-44(34(20-52)16-38(46)48)54-22-30-10-12-42-40(14-30)50-26-58-42/h3-20,25-26H,21-24H2,1-2H3. The molecule has 2 heterocycles. The number of carbonyl (C=O) groups is 2. The lowest BCUT2D eigenvalue weighted by molar-refractivity contribution is 0.111. The highest BCUT2D eigenvalue weighted by molar-refractivity contribution is 6.32. The number of hydrogen-bond donors (Lipinski definition) is 0. The van der Waals surface area contributed by atoms with Crippen molar-refractivity contribution in [1.82, 2.24) is 9.97 Å². The third kappa shape index (κ3) is 8.11. The fourth-order valence-electron chi connectivity index (χ4n) is 6.64. The summed E-state index contributed by atoms with van der Waals surface area (Å²) in [5, 5.41) is 0.584. The number of oxazole rings is 2. The molecular weight excluding hydrogens is 779 g/mol. The van der Waals surface area contributed by atoms with Crippen LogP contribution in [0.1, 0.15) is 54.1 Å². The van der Waals surface area contributed by atoms with Crippen LogP contribution in [0.25, 0.3) is 33.3 Å². The van der Waals surface area contributed by atoms with E-state index >= 15 is 0 Å². The van der Waals surface area contributed by atoms with E-state index < -0.39 is 0 Å². The normalized spacial score (nSPS) is 11.2. The van der Waals surface area contributed by atoms with Gasteiger partial charge in [-0.15, -0.1) is 0 Å². The molecule has 0 aliphatic carbocycles. The minimum absolute atomic E-state index is 0.202. The predicted octanol–water partition coefficient (Wildman–Crippen LogP) is 11.5. The first-order chi connectivity index (χ1) is 28.3. The Morgan fingerprint density at radius 3 is 1.40 bits per heavy atom. The second kappa shape index (κ2) is 16.9. The molecule has 2 aromatic heterocycles. The molecule has 0 bridgehead atoms. The van der Waals surface area contributed by atoms with Gasteiger partial charge in [0.15, 0.2) is 36.5 Å². The van der Waals surface area contributed by atoms with Crippen molar-refractivity contribution in [3.8, 4) is 34.1 Å². The molecule has 0 amide bonds. The summed E-state index contributed by atoms with van der Waals surface area (Å²) in [6, 6.07) is 29.6. The third-order valence-corrected chi connectivity index (χ3v) is 10.5. The van der Waals surface area contributed by atoms with Crippen LogP contribution >= 0.6 is 23.2 Å². The molecule has 0 atom stereocenters. The van der Waals surface area contributed by atoms with Crippen molar-refractivity contribution >= 4 is 58.0 Å². The number of nitrogens with zero attached hydrogens (tertiary/aromatic N) is 2. The molecular formula is C46H34Cl2N2O8. The number of aromatic nitrogens is 2. The molecule has 0 unspecified atom stereocenters. The topological polar surface area (TPSA) is 123 Å². The van der Waals surface area contributed by atoms with E-state index in [0.717, 1.165) is 44.5 Å². The summed E-state index contributed by atoms with van der Waals surface area (Å²) >= 11 is 13.2. The zero-order valence-corrected chi connectivity index (χ0v) is 32.8. The minimum Gasteiger partial charge on any atom is -0.488 e. The summed E-state index contributed by atoms with van der Waals surface area (Å²) in [4.78, 5) is 32.2. The Morgan fingerprint density at radius 1 is 0.534 bits per heavy atom. The maximum absolute atomic E-state index is 11.9. The monoisotopic (exact) mass is 812 g/mol. The van der Waals surface area contributed by atoms with E-state index in [2.05, 4.69) is 22.1 Å². The van der Waals surface area contributed by atoms with Crippen molar-refractivity contribution in [2.45, 2.75) is 40.3 Å². The summed E-state index contributed by atoms with van der Waals surface area (Å²) in [5.41, 5.74) is 11.1. The maximum Gasteiger partial charge on any atom is 0.181 e. The molecule has 0 radical (unpaired) electrons. The maximum atomic E-state index is 11.9. The lowest BCUT2D eigenvalue weighted by Crippen LogP contribution is -2.04. The van der Waals surface area contributed by atoms with E-state index in [1.807, 2.05) is 74.5 Å². The van der Waals surface area contributed by atoms with E-state index in [4.69, 9.17) is 51.0 Å². The van der Waals surface area contributed by atoms with Crippen LogP contribution in [-0.4, -0.2) is 22.5 Å². The molecule has 12 heteroatoms. The molecule has 58 heavy (non-hydrogen) atoms. The zero-order chi connectivity index (χ0) is 40.2. The second-order valence-corrected chi connectivity index (χ2v) is 14.3. The molecule has 0 saturated carbocycles. The van der Waals surface area contributed by atoms with Crippen LogP contribution in [-0.2, 0) is 26.4 Å². The zero-order valence-electron chi connectivity index (χ0n) is 31.3. The largest absolute Gasteiger partial charge is 0.488 e. The van der Waals surface area contributed by atoms with Gasteiger partial charge in [0.2, 0.25) is 0 Å². The average molecular weight is 814 g/mol. The van der Waals surface area contributed by atoms with Gasteiger partial charge in [-0.1, -0.05) is 71.7 Å². The second-order valence-electron chi connectivity index (χ2n) is 13.5. The number of halogens is 2. The van der Waals surface area contributed by atoms with E-state index in [1.165, 1.54) is 12.8 Å². The van der Waals surface area contributed by atoms with Gasteiger partial charge in [0.25, 0.3) is 0 Å². The lowest BCUT2D eigenvalue weighted by atomic mass is 9.92. The van der Waals surface area contributed by atoms with Gasteiger partial charge < -0.3 is 27.8 Å². The summed E-state index contributed by atoms with van der Waals surface area (Å²) < 4.78 is 35.2. The Bertz CT molecular complexity index is 2620. The van der Waals surface area contributed by atoms with Gasteiger partial charge in [0.1, 0.15) is 60.5 Å². The van der Waals surface area contributed by atoms with Crippen molar-refractivity contribution in [2.75, 3.05) is 0 Å². The van der Waals surface area contributed by atoms with Crippen molar-refractivity contribution in [2.24, 2.45) is 0 Å². The van der Waals surface area contributed by atoms with E-state index in [9.17, 15) is 9.59 Å². The van der Waals surface area contributed by atoms with Crippen LogP contribution in [0.2, 0.25) is 10.0 Å². The smallest absolute Gasteiger partial charge is 0.181 e. The minimum atomic E-state index is 0.202. The van der Waals surface area contributed by atoms with Crippen molar-refractivity contribution in [1.29, 1.82) is 0 Å². The van der Waals surface area contributed by atoms with Crippen molar-refractivity contribution in [3.63, 3.8) is 0 Å². The van der Waals surface area contributed by atoms with Gasteiger partial charge in [-0.3, -0.25) is 9.59 Å². The van der Waals surface area contributed by atoms with E-state index in [-0.39, 0.29) is 26.4 Å². The Hall–Kier alpha value is -6.62. The molecule has 8 rings (SSSR count). The molecule has 0 spiro atoms. The molecule has 0 N–H and O–H groups in total. The highest BCUT2D eigenvalue weighted by Gasteiger charge is 2.17. The summed E-state index contributed by atoms with van der Waals surface area (Å²) in [6.45, 7) is 4.94. The lowest BCUT2D eigenvalue weighted by Gasteiger charge is -2.18. The van der Waals surface area contributed by atoms with Crippen molar-refractivity contribution in [3.05, 3.63) is 164 Å². The van der Waals surface area contributed by atoms with Crippen molar-refractivity contribution < 1.29 is 37.4 Å². The van der Waals surface area contributed by atoms with Crippen LogP contribution in [0.15, 0.2) is 119 Å². The molecule has 0 fully saturated rings. The Labute approximate surface area is 342 Å². The molecule has 8 aromatic rings. The summed E-state index contributed by atoms with van der Waals surface area (Å²) in [7, 11) is 0. The summed E-state index contributed by atoms with van der Waals surface area (Å²) in [5.74, 6) is 1.47. The SMILES string of the molecule is Cc1c(COc2cc(OCc3ccc4ocnc4c3)c(C=O)cc2Cl)cccc1-c1cccc(COc2cc(OCc3ccc4ocnc4c3)c(C=O)cc2Cl)c1C. The number of rotatable bonds is 15. The van der Waals surface area contributed by atoms with Gasteiger partial charge in [-0.2, -0.15) is 0 Å². The Balaban J connectivity index is 0.958. The average Bonchev–Trinajstić information content (AvgIpc) is 3.92. The van der Waals surface area contributed by atoms with Gasteiger partial charge >= 0.3 is 0 Å². The van der Waals surface area contributed by atoms with E-state index in [1.54, 1.807) is 24.3 Å². The Kier molecular flexibility index (Phi) is 11.1. The molecule has 290 valence electrons. The third-order valence-electron chi connectivity index (χ3n) is 9.91. The molecule has 6 aromatic carbocycles. The molecule has 0 aliphatic rings. The van der Waals surface area contributed by atoms with Crippen LogP contribution in [0.5, 0.6) is 23.0 Å². The fraction of sp³-hybridized carbons (Fsp3) is 0.130. The predicted molar refractivity (Wildman–Crippen MR) is 220 cm³/mol. The number of carbonyl (C=O) groups excluding carboxylic acids is 2. The number of benzene rings is 6. The molecule has 10 nitrogen and oxygen atoms in total. The number of aldehydes is 2. The van der Waals surface area contributed by atoms with Gasteiger partial charge in [0, 0.05) is 12.1 Å². The van der Waals surface area contributed by atoms with Gasteiger partial charge in [-0.05, 0) is 94.8 Å². The quantitative estimate of drug-likeness (QED) is 0.0924. The highest BCUT2D eigenvalue weighted by atomic mass is 35.5. The van der Waals surface area contributed by atoms with Crippen LogP contribution in [0.4, 0.5) is 0 Å². The molecule has 0 saturated heterocycles.